The van der Waals surface area contributed by atoms with Gasteiger partial charge in [0.1, 0.15) is 6.10 Å². The molecular formula is C20H34O2. The lowest BCUT2D eigenvalue weighted by Crippen LogP contribution is -2.31. The van der Waals surface area contributed by atoms with Crippen LogP contribution in [0.2, 0.25) is 0 Å². The van der Waals surface area contributed by atoms with Crippen molar-refractivity contribution in [3.05, 3.63) is 0 Å². The number of carbonyl (C=O) groups excluding carboxylic acids is 1. The van der Waals surface area contributed by atoms with Crippen LogP contribution in [0.15, 0.2) is 0 Å². The van der Waals surface area contributed by atoms with E-state index in [2.05, 4.69) is 6.92 Å². The van der Waals surface area contributed by atoms with Crippen molar-refractivity contribution in [1.82, 2.24) is 0 Å². The number of carbonyl (C=O) groups is 1. The Morgan fingerprint density at radius 2 is 1.36 bits per heavy atom. The maximum absolute atomic E-state index is 11.2. The van der Waals surface area contributed by atoms with E-state index >= 15 is 0 Å². The van der Waals surface area contributed by atoms with Crippen molar-refractivity contribution in [3.63, 3.8) is 0 Å². The van der Waals surface area contributed by atoms with Crippen LogP contribution in [-0.2, 0) is 9.53 Å². The smallest absolute Gasteiger partial charge is 0.302 e. The SMILES string of the molecule is CC(=O)OC1CCC2CC(C3CCC(C)CC3)CCCC2C1. The summed E-state index contributed by atoms with van der Waals surface area (Å²) in [5.74, 6) is 4.62. The van der Waals surface area contributed by atoms with Gasteiger partial charge in [-0.05, 0) is 68.1 Å². The van der Waals surface area contributed by atoms with Crippen molar-refractivity contribution in [3.8, 4) is 0 Å². The number of fused-ring (bicyclic) bond motifs is 1. The molecule has 3 aliphatic rings. The van der Waals surface area contributed by atoms with Gasteiger partial charge in [-0.1, -0.05) is 39.0 Å². The van der Waals surface area contributed by atoms with Gasteiger partial charge < -0.3 is 4.74 Å². The summed E-state index contributed by atoms with van der Waals surface area (Å²) >= 11 is 0. The molecule has 3 rings (SSSR count). The highest BCUT2D eigenvalue weighted by molar-refractivity contribution is 5.66. The summed E-state index contributed by atoms with van der Waals surface area (Å²) in [6.45, 7) is 3.98. The minimum atomic E-state index is -0.0914. The number of esters is 1. The summed E-state index contributed by atoms with van der Waals surface area (Å²) in [4.78, 5) is 11.2. The van der Waals surface area contributed by atoms with Crippen LogP contribution >= 0.6 is 0 Å². The first-order valence-electron chi connectivity index (χ1n) is 9.79. The van der Waals surface area contributed by atoms with Crippen LogP contribution in [0, 0.1) is 29.6 Å². The van der Waals surface area contributed by atoms with E-state index in [9.17, 15) is 4.79 Å². The Morgan fingerprint density at radius 3 is 2.05 bits per heavy atom. The van der Waals surface area contributed by atoms with Crippen LogP contribution in [0.1, 0.15) is 84.5 Å². The number of hydrogen-bond donors (Lipinski definition) is 0. The summed E-state index contributed by atoms with van der Waals surface area (Å²) in [6, 6.07) is 0. The molecule has 22 heavy (non-hydrogen) atoms. The second kappa shape index (κ2) is 7.36. The molecule has 0 heterocycles. The average molecular weight is 306 g/mol. The normalized spacial score (nSPS) is 43.0. The van der Waals surface area contributed by atoms with E-state index < -0.39 is 0 Å². The number of hydrogen-bond acceptors (Lipinski definition) is 2. The van der Waals surface area contributed by atoms with Crippen molar-refractivity contribution < 1.29 is 9.53 Å². The zero-order valence-corrected chi connectivity index (χ0v) is 14.6. The van der Waals surface area contributed by atoms with Gasteiger partial charge in [-0.3, -0.25) is 4.79 Å². The molecule has 4 atom stereocenters. The van der Waals surface area contributed by atoms with E-state index in [0.29, 0.717) is 0 Å². The second-order valence-corrected chi connectivity index (χ2v) is 8.51. The second-order valence-electron chi connectivity index (χ2n) is 8.51. The van der Waals surface area contributed by atoms with E-state index in [0.717, 1.165) is 42.4 Å². The van der Waals surface area contributed by atoms with Gasteiger partial charge in [0, 0.05) is 6.92 Å². The van der Waals surface area contributed by atoms with Gasteiger partial charge in [-0.25, -0.2) is 0 Å². The van der Waals surface area contributed by atoms with Crippen LogP contribution in [0.25, 0.3) is 0 Å². The Kier molecular flexibility index (Phi) is 5.46. The fourth-order valence-corrected chi connectivity index (χ4v) is 5.62. The van der Waals surface area contributed by atoms with E-state index in [1.807, 2.05) is 0 Å². The highest BCUT2D eigenvalue weighted by Crippen LogP contribution is 2.46. The lowest BCUT2D eigenvalue weighted by atomic mass is 9.69. The largest absolute Gasteiger partial charge is 0.463 e. The van der Waals surface area contributed by atoms with E-state index in [-0.39, 0.29) is 12.1 Å². The topological polar surface area (TPSA) is 26.3 Å². The number of ether oxygens (including phenoxy) is 1. The Labute approximate surface area is 136 Å². The third-order valence-electron chi connectivity index (χ3n) is 6.91. The fraction of sp³-hybridized carbons (Fsp3) is 0.950. The molecule has 126 valence electrons. The first-order valence-corrected chi connectivity index (χ1v) is 9.79. The lowest BCUT2D eigenvalue weighted by molar-refractivity contribution is -0.149. The fourth-order valence-electron chi connectivity index (χ4n) is 5.62. The van der Waals surface area contributed by atoms with Crippen molar-refractivity contribution in [2.75, 3.05) is 0 Å². The quantitative estimate of drug-likeness (QED) is 0.643. The molecule has 2 heteroatoms. The Bertz CT molecular complexity index is 370. The summed E-state index contributed by atoms with van der Waals surface area (Å²) in [6.07, 6.45) is 15.4. The van der Waals surface area contributed by atoms with Gasteiger partial charge in [0.15, 0.2) is 0 Å². The first kappa shape index (κ1) is 16.3. The minimum Gasteiger partial charge on any atom is -0.463 e. The maximum atomic E-state index is 11.2. The molecule has 0 spiro atoms. The zero-order chi connectivity index (χ0) is 15.5. The van der Waals surface area contributed by atoms with Crippen molar-refractivity contribution in [2.24, 2.45) is 29.6 Å². The molecule has 0 aromatic rings. The summed E-state index contributed by atoms with van der Waals surface area (Å²) < 4.78 is 5.50. The number of rotatable bonds is 2. The molecular weight excluding hydrogens is 272 g/mol. The predicted molar refractivity (Wildman–Crippen MR) is 89.5 cm³/mol. The molecule has 0 aliphatic heterocycles. The summed E-state index contributed by atoms with van der Waals surface area (Å²) in [5.41, 5.74) is 0. The molecule has 0 saturated heterocycles. The minimum absolute atomic E-state index is 0.0914. The van der Waals surface area contributed by atoms with Crippen LogP contribution in [0.3, 0.4) is 0 Å². The maximum Gasteiger partial charge on any atom is 0.302 e. The zero-order valence-electron chi connectivity index (χ0n) is 14.6. The van der Waals surface area contributed by atoms with Crippen LogP contribution in [-0.4, -0.2) is 12.1 Å². The van der Waals surface area contributed by atoms with Crippen molar-refractivity contribution in [1.29, 1.82) is 0 Å². The van der Waals surface area contributed by atoms with Crippen molar-refractivity contribution in [2.45, 2.75) is 90.6 Å². The van der Waals surface area contributed by atoms with Gasteiger partial charge in [-0.2, -0.15) is 0 Å². The van der Waals surface area contributed by atoms with Gasteiger partial charge in [0.25, 0.3) is 0 Å². The molecule has 4 unspecified atom stereocenters. The van der Waals surface area contributed by atoms with Gasteiger partial charge in [0.05, 0.1) is 0 Å². The van der Waals surface area contributed by atoms with Crippen LogP contribution in [0.5, 0.6) is 0 Å². The van der Waals surface area contributed by atoms with Gasteiger partial charge >= 0.3 is 5.97 Å². The third kappa shape index (κ3) is 4.06. The molecule has 2 nitrogen and oxygen atoms in total. The molecule has 0 amide bonds. The third-order valence-corrected chi connectivity index (χ3v) is 6.91. The average Bonchev–Trinajstić information content (AvgIpc) is 2.69. The lowest BCUT2D eigenvalue weighted by Gasteiger charge is -2.38. The first-order chi connectivity index (χ1) is 10.6. The Hall–Kier alpha value is -0.530. The standard InChI is InChI=1S/C20H34O2/c1-14-6-8-16(9-7-14)17-4-3-5-18-13-20(22-15(2)21)11-10-19(18)12-17/h14,16-20H,3-13H2,1-2H3. The molecule has 3 aliphatic carbocycles. The molecule has 0 aromatic heterocycles. The van der Waals surface area contributed by atoms with Crippen LogP contribution in [0.4, 0.5) is 0 Å². The van der Waals surface area contributed by atoms with E-state index in [1.54, 1.807) is 6.92 Å². The molecule has 0 radical (unpaired) electrons. The monoisotopic (exact) mass is 306 g/mol. The predicted octanol–water partition coefficient (Wildman–Crippen LogP) is 5.35. The molecule has 0 N–H and O–H groups in total. The van der Waals surface area contributed by atoms with E-state index in [1.165, 1.54) is 57.8 Å². The Balaban J connectivity index is 1.55. The summed E-state index contributed by atoms with van der Waals surface area (Å²) in [7, 11) is 0. The van der Waals surface area contributed by atoms with Gasteiger partial charge in [-0.15, -0.1) is 0 Å². The molecule has 0 aromatic carbocycles. The van der Waals surface area contributed by atoms with E-state index in [4.69, 9.17) is 4.74 Å². The van der Waals surface area contributed by atoms with Crippen molar-refractivity contribution >= 4 is 5.97 Å². The summed E-state index contributed by atoms with van der Waals surface area (Å²) in [5, 5.41) is 0. The molecule has 0 bridgehead atoms. The molecule has 3 saturated carbocycles. The van der Waals surface area contributed by atoms with Gasteiger partial charge in [0.2, 0.25) is 0 Å². The Morgan fingerprint density at radius 1 is 0.773 bits per heavy atom. The van der Waals surface area contributed by atoms with Crippen LogP contribution < -0.4 is 0 Å². The molecule has 3 fully saturated rings. The highest BCUT2D eigenvalue weighted by Gasteiger charge is 2.37. The highest BCUT2D eigenvalue weighted by atomic mass is 16.5.